The highest BCUT2D eigenvalue weighted by molar-refractivity contribution is 6.58. The zero-order valence-electron chi connectivity index (χ0n) is 12.7. The fourth-order valence-corrected chi connectivity index (χ4v) is 2.14. The molecule has 21 heavy (non-hydrogen) atoms. The van der Waals surface area contributed by atoms with Crippen LogP contribution in [0.15, 0.2) is 42.5 Å². The molecule has 2 rings (SSSR count). The Morgan fingerprint density at radius 2 is 1.86 bits per heavy atom. The summed E-state index contributed by atoms with van der Waals surface area (Å²) in [6, 6.07) is 13.4. The number of rotatable bonds is 5. The average Bonchev–Trinajstić information content (AvgIpc) is 2.46. The third kappa shape index (κ3) is 4.10. The lowest BCUT2D eigenvalue weighted by Crippen LogP contribution is -2.29. The predicted molar refractivity (Wildman–Crippen MR) is 85.9 cm³/mol. The molecule has 2 N–H and O–H groups in total. The molecule has 0 aliphatic carbocycles. The minimum absolute atomic E-state index is 0.406. The van der Waals surface area contributed by atoms with Crippen LogP contribution in [0.2, 0.25) is 0 Å². The second-order valence-corrected chi connectivity index (χ2v) is 5.59. The summed E-state index contributed by atoms with van der Waals surface area (Å²) in [6.45, 7) is 6.73. The van der Waals surface area contributed by atoms with Crippen LogP contribution >= 0.6 is 0 Å². The lowest BCUT2D eigenvalue weighted by atomic mass is 9.80. The lowest BCUT2D eigenvalue weighted by molar-refractivity contribution is 0.303. The van der Waals surface area contributed by atoms with E-state index in [9.17, 15) is 10.0 Å². The van der Waals surface area contributed by atoms with Crippen molar-refractivity contribution in [3.8, 4) is 5.75 Å². The van der Waals surface area contributed by atoms with Gasteiger partial charge in [0, 0.05) is 0 Å². The zero-order chi connectivity index (χ0) is 15.4. The molecule has 0 spiro atoms. The molecule has 0 amide bonds. The molecular weight excluding hydrogens is 263 g/mol. The van der Waals surface area contributed by atoms with Gasteiger partial charge in [-0.25, -0.2) is 0 Å². The molecule has 0 atom stereocenters. The Hall–Kier alpha value is -1.78. The van der Waals surface area contributed by atoms with Crippen molar-refractivity contribution in [1.82, 2.24) is 0 Å². The van der Waals surface area contributed by atoms with Crippen molar-refractivity contribution in [3.63, 3.8) is 0 Å². The van der Waals surface area contributed by atoms with Crippen LogP contribution in [0.25, 0.3) is 0 Å². The van der Waals surface area contributed by atoms with Crippen LogP contribution in [0.4, 0.5) is 0 Å². The third-order valence-electron chi connectivity index (χ3n) is 3.52. The van der Waals surface area contributed by atoms with Gasteiger partial charge in [-0.05, 0) is 41.1 Å². The Bertz CT molecular complexity index is 609. The summed E-state index contributed by atoms with van der Waals surface area (Å²) in [5.41, 5.74) is 3.73. The summed E-state index contributed by atoms with van der Waals surface area (Å²) in [6.07, 6.45) is 0. The molecule has 0 radical (unpaired) electrons. The van der Waals surface area contributed by atoms with Crippen LogP contribution in [0, 0.1) is 6.92 Å². The topological polar surface area (TPSA) is 49.7 Å². The van der Waals surface area contributed by atoms with E-state index in [4.69, 9.17) is 4.74 Å². The molecule has 0 unspecified atom stereocenters. The molecule has 0 aliphatic heterocycles. The molecule has 0 heterocycles. The lowest BCUT2D eigenvalue weighted by Gasteiger charge is -2.13. The van der Waals surface area contributed by atoms with E-state index in [0.29, 0.717) is 18.0 Å². The van der Waals surface area contributed by atoms with E-state index in [2.05, 4.69) is 32.0 Å². The quantitative estimate of drug-likeness (QED) is 0.829. The number of hydrogen-bond donors (Lipinski definition) is 2. The highest BCUT2D eigenvalue weighted by Gasteiger charge is 2.11. The van der Waals surface area contributed by atoms with Crippen LogP contribution in [-0.2, 0) is 6.61 Å². The van der Waals surface area contributed by atoms with Gasteiger partial charge in [0.05, 0.1) is 0 Å². The van der Waals surface area contributed by atoms with Crippen LogP contribution in [0.5, 0.6) is 5.75 Å². The summed E-state index contributed by atoms with van der Waals surface area (Å²) < 4.78 is 5.89. The predicted octanol–water partition coefficient (Wildman–Crippen LogP) is 2.38. The first kappa shape index (κ1) is 15.6. The summed E-state index contributed by atoms with van der Waals surface area (Å²) in [4.78, 5) is 0. The SMILES string of the molecule is Cc1ccc(C(C)C)cc1OCc1cccc(B(O)O)c1. The first-order valence-electron chi connectivity index (χ1n) is 7.15. The summed E-state index contributed by atoms with van der Waals surface area (Å²) in [5, 5.41) is 18.4. The van der Waals surface area contributed by atoms with E-state index in [0.717, 1.165) is 16.9 Å². The first-order chi connectivity index (χ1) is 9.97. The maximum atomic E-state index is 9.19. The van der Waals surface area contributed by atoms with Gasteiger partial charge in [0.15, 0.2) is 0 Å². The van der Waals surface area contributed by atoms with E-state index >= 15 is 0 Å². The van der Waals surface area contributed by atoms with Gasteiger partial charge in [-0.2, -0.15) is 0 Å². The van der Waals surface area contributed by atoms with Crippen LogP contribution in [-0.4, -0.2) is 17.2 Å². The minimum Gasteiger partial charge on any atom is -0.489 e. The van der Waals surface area contributed by atoms with E-state index < -0.39 is 7.12 Å². The second kappa shape index (κ2) is 6.79. The van der Waals surface area contributed by atoms with E-state index in [-0.39, 0.29) is 0 Å². The maximum Gasteiger partial charge on any atom is 0.488 e. The molecule has 0 fully saturated rings. The van der Waals surface area contributed by atoms with Crippen LogP contribution in [0.3, 0.4) is 0 Å². The van der Waals surface area contributed by atoms with Crippen molar-refractivity contribution in [2.45, 2.75) is 33.3 Å². The van der Waals surface area contributed by atoms with Crippen LogP contribution < -0.4 is 10.2 Å². The highest BCUT2D eigenvalue weighted by atomic mass is 16.5. The summed E-state index contributed by atoms with van der Waals surface area (Å²) in [7, 11) is -1.45. The Morgan fingerprint density at radius 3 is 2.52 bits per heavy atom. The van der Waals surface area contributed by atoms with Crippen molar-refractivity contribution < 1.29 is 14.8 Å². The summed E-state index contributed by atoms with van der Waals surface area (Å²) in [5.74, 6) is 1.33. The molecule has 0 bridgehead atoms. The van der Waals surface area contributed by atoms with E-state index in [1.165, 1.54) is 5.56 Å². The fraction of sp³-hybridized carbons (Fsp3) is 0.294. The Labute approximate surface area is 126 Å². The smallest absolute Gasteiger partial charge is 0.488 e. The van der Waals surface area contributed by atoms with Gasteiger partial charge in [0.1, 0.15) is 12.4 Å². The van der Waals surface area contributed by atoms with Gasteiger partial charge in [0.2, 0.25) is 0 Å². The minimum atomic E-state index is -1.45. The Kier molecular flexibility index (Phi) is 5.05. The van der Waals surface area contributed by atoms with Crippen molar-refractivity contribution >= 4 is 12.6 Å². The number of aryl methyl sites for hydroxylation is 1. The second-order valence-electron chi connectivity index (χ2n) is 5.59. The molecule has 3 nitrogen and oxygen atoms in total. The summed E-state index contributed by atoms with van der Waals surface area (Å²) >= 11 is 0. The number of hydrogen-bond acceptors (Lipinski definition) is 3. The van der Waals surface area contributed by atoms with Crippen LogP contribution in [0.1, 0.15) is 36.5 Å². The average molecular weight is 284 g/mol. The fourth-order valence-electron chi connectivity index (χ4n) is 2.14. The molecule has 110 valence electrons. The highest BCUT2D eigenvalue weighted by Crippen LogP contribution is 2.24. The van der Waals surface area contributed by atoms with Crippen molar-refractivity contribution in [2.75, 3.05) is 0 Å². The first-order valence-corrected chi connectivity index (χ1v) is 7.15. The van der Waals surface area contributed by atoms with E-state index in [1.807, 2.05) is 13.0 Å². The zero-order valence-corrected chi connectivity index (χ0v) is 12.7. The largest absolute Gasteiger partial charge is 0.489 e. The Balaban J connectivity index is 2.12. The molecule has 0 saturated heterocycles. The van der Waals surface area contributed by atoms with Gasteiger partial charge in [-0.15, -0.1) is 0 Å². The molecule has 4 heteroatoms. The van der Waals surface area contributed by atoms with Gasteiger partial charge >= 0.3 is 7.12 Å². The molecular formula is C17H21BO3. The standard InChI is InChI=1S/C17H21BO3/c1-12(2)15-8-7-13(3)17(10-15)21-11-14-5-4-6-16(9-14)18(19)20/h4-10,12,19-20H,11H2,1-3H3. The van der Waals surface area contributed by atoms with Gasteiger partial charge in [-0.3, -0.25) is 0 Å². The number of benzene rings is 2. The normalized spacial score (nSPS) is 10.8. The third-order valence-corrected chi connectivity index (χ3v) is 3.52. The van der Waals surface area contributed by atoms with Crippen molar-refractivity contribution in [2.24, 2.45) is 0 Å². The monoisotopic (exact) mass is 284 g/mol. The van der Waals surface area contributed by atoms with Crippen molar-refractivity contribution in [3.05, 3.63) is 59.2 Å². The number of ether oxygens (including phenoxy) is 1. The maximum absolute atomic E-state index is 9.19. The molecule has 0 aromatic heterocycles. The van der Waals surface area contributed by atoms with Gasteiger partial charge in [-0.1, -0.05) is 50.2 Å². The molecule has 0 aliphatic rings. The van der Waals surface area contributed by atoms with Gasteiger partial charge in [0.25, 0.3) is 0 Å². The molecule has 0 saturated carbocycles. The van der Waals surface area contributed by atoms with Gasteiger partial charge < -0.3 is 14.8 Å². The van der Waals surface area contributed by atoms with Crippen molar-refractivity contribution in [1.29, 1.82) is 0 Å². The Morgan fingerprint density at radius 1 is 1.10 bits per heavy atom. The van der Waals surface area contributed by atoms with E-state index in [1.54, 1.807) is 18.2 Å². The molecule has 2 aromatic carbocycles. The molecule has 2 aromatic rings.